The lowest BCUT2D eigenvalue weighted by Crippen LogP contribution is -2.10. The summed E-state index contributed by atoms with van der Waals surface area (Å²) >= 11 is 0. The summed E-state index contributed by atoms with van der Waals surface area (Å²) in [5, 5.41) is 20.3. The van der Waals surface area contributed by atoms with Crippen molar-refractivity contribution in [1.29, 1.82) is 5.26 Å². The van der Waals surface area contributed by atoms with Crippen molar-refractivity contribution in [2.75, 3.05) is 33.2 Å². The average molecular weight is 353 g/mol. The third-order valence-corrected chi connectivity index (χ3v) is 3.82. The van der Waals surface area contributed by atoms with Gasteiger partial charge in [-0.2, -0.15) is 5.26 Å². The molecule has 0 aliphatic heterocycles. The second-order valence-electron chi connectivity index (χ2n) is 5.63. The van der Waals surface area contributed by atoms with Crippen LogP contribution in [0.2, 0.25) is 0 Å². The summed E-state index contributed by atoms with van der Waals surface area (Å²) in [7, 11) is 6.91. The fourth-order valence-electron chi connectivity index (χ4n) is 2.47. The maximum absolute atomic E-state index is 10.8. The van der Waals surface area contributed by atoms with Gasteiger partial charge in [0.2, 0.25) is 0 Å². The Labute approximate surface area is 151 Å². The van der Waals surface area contributed by atoms with Crippen LogP contribution in [0.4, 0.5) is 11.4 Å². The van der Waals surface area contributed by atoms with Crippen LogP contribution in [-0.4, -0.2) is 33.2 Å². The van der Waals surface area contributed by atoms with Crippen molar-refractivity contribution >= 4 is 23.0 Å². The highest BCUT2D eigenvalue weighted by molar-refractivity contribution is 5.91. The monoisotopic (exact) mass is 353 g/mol. The first-order chi connectivity index (χ1) is 12.4. The first-order valence-corrected chi connectivity index (χ1v) is 7.71. The van der Waals surface area contributed by atoms with E-state index in [1.807, 2.05) is 25.1 Å². The van der Waals surface area contributed by atoms with Crippen molar-refractivity contribution in [3.05, 3.63) is 57.6 Å². The number of non-ortho nitro benzene ring substituents is 1. The molecule has 0 spiro atoms. The predicted molar refractivity (Wildman–Crippen MR) is 100 cm³/mol. The maximum atomic E-state index is 10.8. The van der Waals surface area contributed by atoms with E-state index in [-0.39, 0.29) is 5.69 Å². The second kappa shape index (κ2) is 8.03. The van der Waals surface area contributed by atoms with Gasteiger partial charge < -0.3 is 14.4 Å². The van der Waals surface area contributed by atoms with Crippen LogP contribution in [0, 0.1) is 21.4 Å². The summed E-state index contributed by atoms with van der Waals surface area (Å²) in [6.07, 6.45) is 1.67. The average Bonchev–Trinajstić information content (AvgIpc) is 2.65. The molecule has 0 saturated carbocycles. The number of methoxy groups -OCH3 is 2. The van der Waals surface area contributed by atoms with Gasteiger partial charge in [-0.3, -0.25) is 10.1 Å². The van der Waals surface area contributed by atoms with Crippen LogP contribution in [-0.2, 0) is 0 Å². The largest absolute Gasteiger partial charge is 0.496 e. The highest BCUT2D eigenvalue weighted by Crippen LogP contribution is 2.36. The zero-order valence-electron chi connectivity index (χ0n) is 15.0. The molecule has 0 amide bonds. The Kier molecular flexibility index (Phi) is 5.81. The van der Waals surface area contributed by atoms with Crippen LogP contribution in [0.3, 0.4) is 0 Å². The molecule has 7 nitrogen and oxygen atoms in total. The summed E-state index contributed by atoms with van der Waals surface area (Å²) in [5.41, 5.74) is 2.43. The first kappa shape index (κ1) is 18.8. The molecule has 2 aromatic carbocycles. The molecule has 0 heterocycles. The quantitative estimate of drug-likeness (QED) is 0.340. The molecule has 0 aliphatic carbocycles. The molecule has 2 rings (SSSR count). The Bertz CT molecular complexity index is 881. The number of nitro benzene ring substituents is 1. The van der Waals surface area contributed by atoms with Gasteiger partial charge in [-0.1, -0.05) is 0 Å². The van der Waals surface area contributed by atoms with Crippen LogP contribution >= 0.6 is 0 Å². The van der Waals surface area contributed by atoms with Crippen molar-refractivity contribution in [3.63, 3.8) is 0 Å². The molecule has 7 heteroatoms. The number of anilines is 1. The molecule has 26 heavy (non-hydrogen) atoms. The van der Waals surface area contributed by atoms with Gasteiger partial charge in [0.1, 0.15) is 11.5 Å². The van der Waals surface area contributed by atoms with E-state index < -0.39 is 4.92 Å². The third kappa shape index (κ3) is 3.92. The van der Waals surface area contributed by atoms with Crippen molar-refractivity contribution < 1.29 is 14.4 Å². The number of benzene rings is 2. The van der Waals surface area contributed by atoms with Crippen LogP contribution in [0.25, 0.3) is 11.6 Å². The minimum absolute atomic E-state index is 0.0272. The number of hydrogen-bond acceptors (Lipinski definition) is 6. The van der Waals surface area contributed by atoms with E-state index in [0.29, 0.717) is 28.2 Å². The number of nitriles is 1. The van der Waals surface area contributed by atoms with E-state index in [9.17, 15) is 15.4 Å². The van der Waals surface area contributed by atoms with Crippen molar-refractivity contribution in [2.24, 2.45) is 0 Å². The van der Waals surface area contributed by atoms with E-state index in [1.165, 1.54) is 12.1 Å². The number of nitro groups is 1. The van der Waals surface area contributed by atoms with E-state index in [2.05, 4.69) is 6.07 Å². The second-order valence-corrected chi connectivity index (χ2v) is 5.63. The normalized spacial score (nSPS) is 10.8. The minimum Gasteiger partial charge on any atom is -0.496 e. The lowest BCUT2D eigenvalue weighted by molar-refractivity contribution is -0.384. The zero-order valence-corrected chi connectivity index (χ0v) is 15.0. The van der Waals surface area contributed by atoms with E-state index in [0.717, 1.165) is 5.69 Å². The fourth-order valence-corrected chi connectivity index (χ4v) is 2.47. The number of rotatable bonds is 6. The third-order valence-electron chi connectivity index (χ3n) is 3.82. The van der Waals surface area contributed by atoms with Crippen LogP contribution in [0.1, 0.15) is 11.1 Å². The molecule has 0 unspecified atom stereocenters. The molecule has 0 saturated heterocycles. The Balaban J connectivity index is 2.54. The van der Waals surface area contributed by atoms with Crippen molar-refractivity contribution in [2.45, 2.75) is 0 Å². The van der Waals surface area contributed by atoms with Gasteiger partial charge in [0.15, 0.2) is 0 Å². The molecule has 0 aliphatic rings. The van der Waals surface area contributed by atoms with Crippen LogP contribution in [0.15, 0.2) is 36.4 Å². The summed E-state index contributed by atoms with van der Waals surface area (Å²) in [6, 6.07) is 11.6. The highest BCUT2D eigenvalue weighted by Gasteiger charge is 2.13. The molecule has 0 fully saturated rings. The van der Waals surface area contributed by atoms with Crippen LogP contribution < -0.4 is 14.4 Å². The Hall–Kier alpha value is -3.53. The first-order valence-electron chi connectivity index (χ1n) is 7.71. The Morgan fingerprint density at radius 3 is 2.23 bits per heavy atom. The Morgan fingerprint density at radius 2 is 1.77 bits per heavy atom. The summed E-state index contributed by atoms with van der Waals surface area (Å²) in [6.45, 7) is 0. The maximum Gasteiger partial charge on any atom is 0.269 e. The molecular weight excluding hydrogens is 334 g/mol. The predicted octanol–water partition coefficient (Wildman–Crippen LogP) is 3.74. The SMILES string of the molecule is COc1cc(N(C)C)c(OC)cc1/C=C(/C#N)c1ccc([N+](=O)[O-])cc1. The van der Waals surface area contributed by atoms with Gasteiger partial charge in [0.25, 0.3) is 5.69 Å². The van der Waals surface area contributed by atoms with Crippen molar-refractivity contribution in [1.82, 2.24) is 0 Å². The van der Waals surface area contributed by atoms with Gasteiger partial charge >= 0.3 is 0 Å². The molecule has 0 N–H and O–H groups in total. The van der Waals surface area contributed by atoms with Gasteiger partial charge in [0, 0.05) is 37.9 Å². The highest BCUT2D eigenvalue weighted by atomic mass is 16.6. The molecule has 0 atom stereocenters. The molecule has 0 bridgehead atoms. The molecule has 2 aromatic rings. The smallest absolute Gasteiger partial charge is 0.269 e. The van der Waals surface area contributed by atoms with E-state index in [4.69, 9.17) is 9.47 Å². The lowest BCUT2D eigenvalue weighted by atomic mass is 10.0. The summed E-state index contributed by atoms with van der Waals surface area (Å²) < 4.78 is 10.9. The zero-order chi connectivity index (χ0) is 19.3. The van der Waals surface area contributed by atoms with E-state index >= 15 is 0 Å². The fraction of sp³-hybridized carbons (Fsp3) is 0.211. The Morgan fingerprint density at radius 1 is 1.15 bits per heavy atom. The molecular formula is C19H19N3O4. The lowest BCUT2D eigenvalue weighted by Gasteiger charge is -2.19. The van der Waals surface area contributed by atoms with Gasteiger partial charge in [-0.05, 0) is 29.8 Å². The number of hydrogen-bond donors (Lipinski definition) is 0. The standard InChI is InChI=1S/C19H19N3O4/c1-21(2)17-11-18(25-3)14(10-19(17)26-4)9-15(12-20)13-5-7-16(8-6-13)22(23)24/h5-11H,1-4H3/b15-9-. The molecule has 0 radical (unpaired) electrons. The number of nitrogens with zero attached hydrogens (tertiary/aromatic N) is 3. The topological polar surface area (TPSA) is 88.6 Å². The van der Waals surface area contributed by atoms with E-state index in [1.54, 1.807) is 38.5 Å². The van der Waals surface area contributed by atoms with Gasteiger partial charge in [-0.15, -0.1) is 0 Å². The molecule has 0 aromatic heterocycles. The van der Waals surface area contributed by atoms with Gasteiger partial charge in [-0.25, -0.2) is 0 Å². The van der Waals surface area contributed by atoms with Gasteiger partial charge in [0.05, 0.1) is 36.5 Å². The van der Waals surface area contributed by atoms with Crippen molar-refractivity contribution in [3.8, 4) is 17.6 Å². The summed E-state index contributed by atoms with van der Waals surface area (Å²) in [5.74, 6) is 1.23. The van der Waals surface area contributed by atoms with Crippen LogP contribution in [0.5, 0.6) is 11.5 Å². The molecule has 134 valence electrons. The minimum atomic E-state index is -0.479. The number of ether oxygens (including phenoxy) is 2. The number of allylic oxidation sites excluding steroid dienone is 1. The summed E-state index contributed by atoms with van der Waals surface area (Å²) in [4.78, 5) is 12.2.